The molecule has 0 aliphatic carbocycles. The fourth-order valence-corrected chi connectivity index (χ4v) is 3.63. The van der Waals surface area contributed by atoms with E-state index in [1.54, 1.807) is 0 Å². The Kier molecular flexibility index (Phi) is 9.01. The average molecular weight is 500 g/mol. The number of ether oxygens (including phenoxy) is 1. The number of aliphatic imine (C=N–C) groups is 1. The van der Waals surface area contributed by atoms with E-state index in [0.717, 1.165) is 37.3 Å². The predicted octanol–water partition coefficient (Wildman–Crippen LogP) is 3.21. The van der Waals surface area contributed by atoms with Crippen LogP contribution < -0.4 is 16.0 Å². The van der Waals surface area contributed by atoms with Crippen molar-refractivity contribution in [3.05, 3.63) is 35.4 Å². The van der Waals surface area contributed by atoms with Crippen LogP contribution in [-0.4, -0.2) is 42.7 Å². The minimum absolute atomic E-state index is 0. The Labute approximate surface area is 185 Å². The minimum Gasteiger partial charge on any atom is -0.373 e. The molecule has 1 aromatic carbocycles. The maximum absolute atomic E-state index is 12.2. The van der Waals surface area contributed by atoms with Crippen LogP contribution in [0, 0.1) is 0 Å². The third kappa shape index (κ3) is 6.07. The topological polar surface area (TPSA) is 74.8 Å². The molecule has 156 valence electrons. The number of benzene rings is 1. The van der Waals surface area contributed by atoms with Gasteiger partial charge in [-0.2, -0.15) is 0 Å². The monoisotopic (exact) mass is 500 g/mol. The Morgan fingerprint density at radius 3 is 2.57 bits per heavy atom. The number of guanidine groups is 1. The fraction of sp³-hybridized carbons (Fsp3) is 0.619. The molecule has 2 heterocycles. The molecule has 1 amide bonds. The number of nitrogens with zero attached hydrogens (tertiary/aromatic N) is 1. The smallest absolute Gasteiger partial charge is 0.251 e. The summed E-state index contributed by atoms with van der Waals surface area (Å²) >= 11 is 0. The van der Waals surface area contributed by atoms with Gasteiger partial charge in [-0.25, -0.2) is 4.99 Å². The molecule has 0 radical (unpaired) electrons. The zero-order valence-corrected chi connectivity index (χ0v) is 19.4. The van der Waals surface area contributed by atoms with E-state index in [0.29, 0.717) is 30.4 Å². The molecule has 6 nitrogen and oxygen atoms in total. The number of rotatable bonds is 7. The largest absolute Gasteiger partial charge is 0.373 e. The van der Waals surface area contributed by atoms with Crippen molar-refractivity contribution in [2.24, 2.45) is 4.99 Å². The molecule has 7 heteroatoms. The van der Waals surface area contributed by atoms with E-state index in [4.69, 9.17) is 9.73 Å². The molecule has 3 rings (SSSR count). The SMILES string of the molecule is CCNC(=NCc1ccc(C(=O)NC(C)CC)cc1)NC1CC2CCC1O2.I. The van der Waals surface area contributed by atoms with Gasteiger partial charge in [-0.05, 0) is 57.2 Å². The van der Waals surface area contributed by atoms with Crippen molar-refractivity contribution in [3.8, 4) is 0 Å². The summed E-state index contributed by atoms with van der Waals surface area (Å²) in [5, 5.41) is 9.83. The molecule has 28 heavy (non-hydrogen) atoms. The first-order valence-corrected chi connectivity index (χ1v) is 10.2. The number of hydrogen-bond acceptors (Lipinski definition) is 3. The van der Waals surface area contributed by atoms with E-state index in [2.05, 4.69) is 29.8 Å². The molecule has 4 unspecified atom stereocenters. The Hall–Kier alpha value is -1.35. The van der Waals surface area contributed by atoms with Gasteiger partial charge in [0.15, 0.2) is 5.96 Å². The molecule has 2 bridgehead atoms. The normalized spacial score (nSPS) is 24.4. The number of amides is 1. The van der Waals surface area contributed by atoms with Crippen molar-refractivity contribution >= 4 is 35.8 Å². The Morgan fingerprint density at radius 1 is 1.25 bits per heavy atom. The quantitative estimate of drug-likeness (QED) is 0.306. The Bertz CT molecular complexity index is 665. The van der Waals surface area contributed by atoms with E-state index in [9.17, 15) is 4.79 Å². The maximum atomic E-state index is 12.2. The van der Waals surface area contributed by atoms with Gasteiger partial charge in [0.1, 0.15) is 0 Å². The highest BCUT2D eigenvalue weighted by Gasteiger charge is 2.41. The van der Waals surface area contributed by atoms with Crippen LogP contribution in [-0.2, 0) is 11.3 Å². The molecule has 2 saturated heterocycles. The molecule has 4 atom stereocenters. The van der Waals surface area contributed by atoms with Gasteiger partial charge in [-0.15, -0.1) is 24.0 Å². The zero-order chi connectivity index (χ0) is 19.2. The van der Waals surface area contributed by atoms with Crippen LogP contribution in [0.15, 0.2) is 29.3 Å². The highest BCUT2D eigenvalue weighted by atomic mass is 127. The van der Waals surface area contributed by atoms with Crippen molar-refractivity contribution in [2.45, 2.75) is 77.3 Å². The fourth-order valence-electron chi connectivity index (χ4n) is 3.63. The Balaban J connectivity index is 0.00000280. The second-order valence-corrected chi connectivity index (χ2v) is 7.54. The third-order valence-corrected chi connectivity index (χ3v) is 5.40. The van der Waals surface area contributed by atoms with Gasteiger partial charge < -0.3 is 20.7 Å². The van der Waals surface area contributed by atoms with Crippen LogP contribution in [0.25, 0.3) is 0 Å². The van der Waals surface area contributed by atoms with Gasteiger partial charge in [-0.1, -0.05) is 19.1 Å². The number of carbonyl (C=O) groups excluding carboxylic acids is 1. The number of hydrogen-bond donors (Lipinski definition) is 3. The lowest BCUT2D eigenvalue weighted by atomic mass is 9.96. The summed E-state index contributed by atoms with van der Waals surface area (Å²) in [5.41, 5.74) is 1.77. The number of fused-ring (bicyclic) bond motifs is 2. The van der Waals surface area contributed by atoms with Gasteiger partial charge in [-0.3, -0.25) is 4.79 Å². The zero-order valence-electron chi connectivity index (χ0n) is 17.0. The van der Waals surface area contributed by atoms with Gasteiger partial charge in [0.05, 0.1) is 24.8 Å². The summed E-state index contributed by atoms with van der Waals surface area (Å²) in [5.74, 6) is 0.808. The van der Waals surface area contributed by atoms with E-state index >= 15 is 0 Å². The van der Waals surface area contributed by atoms with Gasteiger partial charge >= 0.3 is 0 Å². The summed E-state index contributed by atoms with van der Waals surface area (Å²) < 4.78 is 5.91. The molecule has 0 saturated carbocycles. The molecule has 0 aromatic heterocycles. The predicted molar refractivity (Wildman–Crippen MR) is 123 cm³/mol. The van der Waals surface area contributed by atoms with E-state index < -0.39 is 0 Å². The van der Waals surface area contributed by atoms with Crippen molar-refractivity contribution in [3.63, 3.8) is 0 Å². The molecule has 3 N–H and O–H groups in total. The molecule has 2 aliphatic rings. The molecule has 0 spiro atoms. The van der Waals surface area contributed by atoms with Gasteiger partial charge in [0, 0.05) is 18.2 Å². The van der Waals surface area contributed by atoms with Crippen molar-refractivity contribution < 1.29 is 9.53 Å². The van der Waals surface area contributed by atoms with Crippen LogP contribution in [0.2, 0.25) is 0 Å². The summed E-state index contributed by atoms with van der Waals surface area (Å²) in [6, 6.07) is 8.22. The lowest BCUT2D eigenvalue weighted by Gasteiger charge is -2.22. The van der Waals surface area contributed by atoms with Crippen molar-refractivity contribution in [2.75, 3.05) is 6.54 Å². The second kappa shape index (κ2) is 11.0. The first-order chi connectivity index (χ1) is 13.1. The Morgan fingerprint density at radius 2 is 2.00 bits per heavy atom. The number of carbonyl (C=O) groups is 1. The van der Waals surface area contributed by atoms with Crippen molar-refractivity contribution in [1.82, 2.24) is 16.0 Å². The standard InChI is InChI=1S/C21H32N4O2.HI/c1-4-14(3)24-20(26)16-8-6-15(7-9-16)13-23-21(22-5-2)25-18-12-17-10-11-19(18)27-17;/h6-9,14,17-19H,4-5,10-13H2,1-3H3,(H,24,26)(H2,22,23,25);1H. The first-order valence-electron chi connectivity index (χ1n) is 10.2. The maximum Gasteiger partial charge on any atom is 0.251 e. The van der Waals surface area contributed by atoms with E-state index in [1.165, 1.54) is 6.42 Å². The minimum atomic E-state index is -0.0225. The highest BCUT2D eigenvalue weighted by molar-refractivity contribution is 14.0. The van der Waals surface area contributed by atoms with E-state index in [1.807, 2.05) is 31.2 Å². The molecule has 2 aliphatic heterocycles. The summed E-state index contributed by atoms with van der Waals surface area (Å²) in [7, 11) is 0. The van der Waals surface area contributed by atoms with Crippen LogP contribution in [0.4, 0.5) is 0 Å². The lowest BCUT2D eigenvalue weighted by Crippen LogP contribution is -2.47. The van der Waals surface area contributed by atoms with Crippen molar-refractivity contribution in [1.29, 1.82) is 0 Å². The van der Waals surface area contributed by atoms with Gasteiger partial charge in [0.2, 0.25) is 0 Å². The van der Waals surface area contributed by atoms with Crippen LogP contribution in [0.1, 0.15) is 62.4 Å². The van der Waals surface area contributed by atoms with E-state index in [-0.39, 0.29) is 35.9 Å². The highest BCUT2D eigenvalue weighted by Crippen LogP contribution is 2.34. The summed E-state index contributed by atoms with van der Waals surface area (Å²) in [6.45, 7) is 7.54. The summed E-state index contributed by atoms with van der Waals surface area (Å²) in [6.07, 6.45) is 5.06. The molecular weight excluding hydrogens is 467 g/mol. The lowest BCUT2D eigenvalue weighted by molar-refractivity contribution is 0.0939. The number of nitrogens with one attached hydrogen (secondary N) is 3. The molecular formula is C21H33IN4O2. The molecule has 2 fully saturated rings. The third-order valence-electron chi connectivity index (χ3n) is 5.40. The van der Waals surface area contributed by atoms with Crippen LogP contribution >= 0.6 is 24.0 Å². The molecule has 1 aromatic rings. The second-order valence-electron chi connectivity index (χ2n) is 7.54. The van der Waals surface area contributed by atoms with Gasteiger partial charge in [0.25, 0.3) is 5.91 Å². The number of halogens is 1. The first kappa shape index (κ1) is 22.9. The van der Waals surface area contributed by atoms with Crippen LogP contribution in [0.5, 0.6) is 0 Å². The summed E-state index contributed by atoms with van der Waals surface area (Å²) in [4.78, 5) is 16.9. The van der Waals surface area contributed by atoms with Crippen LogP contribution in [0.3, 0.4) is 0 Å². The average Bonchev–Trinajstić information content (AvgIpc) is 3.29.